The van der Waals surface area contributed by atoms with Crippen molar-refractivity contribution in [2.75, 3.05) is 6.61 Å². The summed E-state index contributed by atoms with van der Waals surface area (Å²) in [5, 5.41) is 21.4. The van der Waals surface area contributed by atoms with Gasteiger partial charge in [-0.2, -0.15) is 0 Å². The smallest absolute Gasteiger partial charge is 0.211 e. The number of nitrogens with two attached hydrogens (primary N) is 1. The maximum atomic E-state index is 11.2. The molecule has 1 saturated carbocycles. The Balaban J connectivity index is 1.71. The minimum absolute atomic E-state index is 0.00126. The fourth-order valence-corrected chi connectivity index (χ4v) is 5.09. The van der Waals surface area contributed by atoms with Gasteiger partial charge in [0.05, 0.1) is 6.10 Å². The molecule has 2 aliphatic carbocycles. The second-order valence-electron chi connectivity index (χ2n) is 9.89. The van der Waals surface area contributed by atoms with Crippen LogP contribution in [-0.2, 0) is 28.8 Å². The highest BCUT2D eigenvalue weighted by atomic mass is 16.5. The SMILES string of the molecule is CC(C)C[C@H](N)[C@](O)(Cc1nccc2c1CCC(OCC1CCCCC1)C2)C(O)=C=O. The highest BCUT2D eigenvalue weighted by molar-refractivity contribution is 5.53. The number of nitrogens with zero attached hydrogens (tertiary/aromatic N) is 1. The molecule has 0 aliphatic heterocycles. The molecule has 2 aliphatic rings. The largest absolute Gasteiger partial charge is 0.500 e. The second kappa shape index (κ2) is 10.7. The van der Waals surface area contributed by atoms with E-state index in [2.05, 4.69) is 4.98 Å². The lowest BCUT2D eigenvalue weighted by atomic mass is 9.80. The number of aliphatic hydroxyl groups excluding tert-OH is 1. The van der Waals surface area contributed by atoms with E-state index < -0.39 is 17.4 Å². The van der Waals surface area contributed by atoms with Crippen LogP contribution in [0.1, 0.15) is 75.6 Å². The summed E-state index contributed by atoms with van der Waals surface area (Å²) >= 11 is 0. The van der Waals surface area contributed by atoms with E-state index in [-0.39, 0.29) is 18.4 Å². The van der Waals surface area contributed by atoms with Crippen LogP contribution >= 0.6 is 0 Å². The molecule has 0 radical (unpaired) electrons. The second-order valence-corrected chi connectivity index (χ2v) is 9.89. The average molecular weight is 431 g/mol. The van der Waals surface area contributed by atoms with Crippen molar-refractivity contribution in [3.05, 3.63) is 34.8 Å². The monoisotopic (exact) mass is 430 g/mol. The summed E-state index contributed by atoms with van der Waals surface area (Å²) < 4.78 is 6.27. The van der Waals surface area contributed by atoms with Crippen LogP contribution in [0.4, 0.5) is 0 Å². The normalized spacial score (nSPS) is 22.4. The summed E-state index contributed by atoms with van der Waals surface area (Å²) in [5.41, 5.74) is 7.29. The summed E-state index contributed by atoms with van der Waals surface area (Å²) in [5.74, 6) is 1.62. The Morgan fingerprint density at radius 1 is 1.32 bits per heavy atom. The number of fused-ring (bicyclic) bond motifs is 1. The molecule has 6 heteroatoms. The fraction of sp³-hybridized carbons (Fsp3) is 0.720. The van der Waals surface area contributed by atoms with Gasteiger partial charge in [0.2, 0.25) is 5.76 Å². The lowest BCUT2D eigenvalue weighted by molar-refractivity contribution is 0.00626. The van der Waals surface area contributed by atoms with E-state index >= 15 is 0 Å². The zero-order valence-corrected chi connectivity index (χ0v) is 19.0. The first kappa shape index (κ1) is 23.9. The Bertz CT molecular complexity index is 784. The van der Waals surface area contributed by atoms with Crippen LogP contribution < -0.4 is 5.73 Å². The summed E-state index contributed by atoms with van der Waals surface area (Å²) in [6, 6.07) is 1.22. The minimum Gasteiger partial charge on any atom is -0.500 e. The first-order chi connectivity index (χ1) is 14.8. The molecular formula is C25H38N2O4. The van der Waals surface area contributed by atoms with Gasteiger partial charge in [0, 0.05) is 31.0 Å². The molecule has 0 saturated heterocycles. The van der Waals surface area contributed by atoms with E-state index in [4.69, 9.17) is 10.5 Å². The number of aromatic nitrogens is 1. The summed E-state index contributed by atoms with van der Waals surface area (Å²) in [6.45, 7) is 4.82. The zero-order valence-electron chi connectivity index (χ0n) is 19.0. The third-order valence-corrected chi connectivity index (χ3v) is 6.98. The molecule has 1 fully saturated rings. The van der Waals surface area contributed by atoms with Crippen LogP contribution in [0.25, 0.3) is 0 Å². The van der Waals surface area contributed by atoms with Crippen molar-refractivity contribution in [1.29, 1.82) is 0 Å². The van der Waals surface area contributed by atoms with Gasteiger partial charge in [0.1, 0.15) is 0 Å². The molecule has 0 aromatic carbocycles. The first-order valence-electron chi connectivity index (χ1n) is 11.8. The minimum atomic E-state index is -1.87. The molecule has 4 N–H and O–H groups in total. The van der Waals surface area contributed by atoms with E-state index in [9.17, 15) is 15.0 Å². The molecule has 1 unspecified atom stereocenters. The first-order valence-corrected chi connectivity index (χ1v) is 11.8. The highest BCUT2D eigenvalue weighted by Crippen LogP contribution is 2.32. The van der Waals surface area contributed by atoms with Gasteiger partial charge in [-0.1, -0.05) is 33.1 Å². The maximum absolute atomic E-state index is 11.2. The standard InChI is InChI=1S/C25H38N2O4/c1-17(2)12-23(26)25(30,24(29)15-28)14-22-21-9-8-20(13-19(21)10-11-27-22)31-16-18-6-4-3-5-7-18/h10-11,17-18,20,23,29-30H,3-9,12-14,16,26H2,1-2H3/t20?,23-,25+/m0/s1. The number of hydrogen-bond acceptors (Lipinski definition) is 6. The van der Waals surface area contributed by atoms with E-state index in [1.54, 1.807) is 6.20 Å². The number of pyridine rings is 1. The third kappa shape index (κ3) is 5.95. The van der Waals surface area contributed by atoms with Crippen molar-refractivity contribution in [3.8, 4) is 0 Å². The van der Waals surface area contributed by atoms with Gasteiger partial charge in [0.15, 0.2) is 11.5 Å². The molecule has 0 amide bonds. The van der Waals surface area contributed by atoms with Crippen LogP contribution in [-0.4, -0.2) is 45.5 Å². The molecule has 31 heavy (non-hydrogen) atoms. The van der Waals surface area contributed by atoms with Gasteiger partial charge in [0.25, 0.3) is 0 Å². The van der Waals surface area contributed by atoms with E-state index in [1.807, 2.05) is 19.9 Å². The third-order valence-electron chi connectivity index (χ3n) is 6.98. The van der Waals surface area contributed by atoms with Gasteiger partial charge in [-0.05, 0) is 67.6 Å². The van der Waals surface area contributed by atoms with Crippen LogP contribution in [0.2, 0.25) is 0 Å². The lowest BCUT2D eigenvalue weighted by Gasteiger charge is -2.34. The number of ether oxygens (including phenoxy) is 1. The zero-order chi connectivity index (χ0) is 22.4. The topological polar surface area (TPSA) is 106 Å². The molecule has 3 rings (SSSR count). The lowest BCUT2D eigenvalue weighted by Crippen LogP contribution is -2.52. The van der Waals surface area contributed by atoms with Crippen LogP contribution in [0.15, 0.2) is 18.0 Å². The van der Waals surface area contributed by atoms with Crippen molar-refractivity contribution in [2.45, 2.75) is 95.8 Å². The van der Waals surface area contributed by atoms with E-state index in [0.29, 0.717) is 18.0 Å². The number of rotatable bonds is 9. The van der Waals surface area contributed by atoms with Crippen molar-refractivity contribution < 1.29 is 19.7 Å². The van der Waals surface area contributed by atoms with Crippen LogP contribution in [0.5, 0.6) is 0 Å². The van der Waals surface area contributed by atoms with Gasteiger partial charge in [-0.3, -0.25) is 4.98 Å². The Morgan fingerprint density at radius 3 is 2.74 bits per heavy atom. The maximum Gasteiger partial charge on any atom is 0.211 e. The Labute approximate surface area is 185 Å². The fourth-order valence-electron chi connectivity index (χ4n) is 5.09. The van der Waals surface area contributed by atoms with Gasteiger partial charge >= 0.3 is 0 Å². The Kier molecular flexibility index (Phi) is 8.29. The average Bonchev–Trinajstić information content (AvgIpc) is 2.77. The van der Waals surface area contributed by atoms with Crippen molar-refractivity contribution in [2.24, 2.45) is 17.6 Å². The predicted molar refractivity (Wildman–Crippen MR) is 120 cm³/mol. The molecule has 6 nitrogen and oxygen atoms in total. The number of hydrogen-bond donors (Lipinski definition) is 3. The Morgan fingerprint density at radius 2 is 2.06 bits per heavy atom. The number of aliphatic hydroxyl groups is 2. The quantitative estimate of drug-likeness (QED) is 0.409. The number of carbonyl (C=O) groups excluding carboxylic acids is 1. The van der Waals surface area contributed by atoms with Gasteiger partial charge < -0.3 is 20.7 Å². The van der Waals surface area contributed by atoms with Crippen molar-refractivity contribution in [3.63, 3.8) is 0 Å². The summed E-state index contributed by atoms with van der Waals surface area (Å²) in [6.07, 6.45) is 11.5. The van der Waals surface area contributed by atoms with Crippen molar-refractivity contribution in [1.82, 2.24) is 4.98 Å². The molecule has 1 heterocycles. The Hall–Kier alpha value is -1.72. The van der Waals surface area contributed by atoms with E-state index in [1.165, 1.54) is 43.6 Å². The molecule has 1 aromatic rings. The van der Waals surface area contributed by atoms with Crippen LogP contribution in [0, 0.1) is 11.8 Å². The highest BCUT2D eigenvalue weighted by Gasteiger charge is 2.41. The molecule has 0 spiro atoms. The summed E-state index contributed by atoms with van der Waals surface area (Å²) in [7, 11) is 0. The molecule has 3 atom stereocenters. The van der Waals surface area contributed by atoms with Gasteiger partial charge in [-0.15, -0.1) is 0 Å². The van der Waals surface area contributed by atoms with Crippen LogP contribution in [0.3, 0.4) is 0 Å². The van der Waals surface area contributed by atoms with E-state index in [0.717, 1.165) is 31.4 Å². The molecule has 172 valence electrons. The predicted octanol–water partition coefficient (Wildman–Crippen LogP) is 3.46. The van der Waals surface area contributed by atoms with Gasteiger partial charge in [-0.25, -0.2) is 4.79 Å². The molecule has 0 bridgehead atoms. The molecular weight excluding hydrogens is 392 g/mol. The summed E-state index contributed by atoms with van der Waals surface area (Å²) in [4.78, 5) is 15.7. The molecule has 1 aromatic heterocycles. The van der Waals surface area contributed by atoms with Crippen molar-refractivity contribution >= 4 is 5.94 Å².